The summed E-state index contributed by atoms with van der Waals surface area (Å²) in [4.78, 5) is 33.6. The van der Waals surface area contributed by atoms with Gasteiger partial charge in [0.25, 0.3) is 5.91 Å². The molecule has 0 saturated carbocycles. The zero-order valence-corrected chi connectivity index (χ0v) is 14.6. The summed E-state index contributed by atoms with van der Waals surface area (Å²) in [5.74, 6) is -0.190. The Morgan fingerprint density at radius 2 is 1.79 bits per heavy atom. The van der Waals surface area contributed by atoms with E-state index in [1.807, 2.05) is 49.3 Å². The normalized spacial score (nSPS) is 19.7. The van der Waals surface area contributed by atoms with E-state index < -0.39 is 0 Å². The Hall–Kier alpha value is -2.28. The first-order valence-electron chi connectivity index (χ1n) is 7.81. The fourth-order valence-electron chi connectivity index (χ4n) is 2.57. The van der Waals surface area contributed by atoms with Gasteiger partial charge < -0.3 is 14.7 Å². The van der Waals surface area contributed by atoms with E-state index in [0.29, 0.717) is 31.1 Å². The molecule has 0 N–H and O–H groups in total. The fraction of sp³-hybridized carbons (Fsp3) is 0.353. The van der Waals surface area contributed by atoms with Crippen LogP contribution in [0.5, 0.6) is 0 Å². The summed E-state index contributed by atoms with van der Waals surface area (Å²) < 4.78 is 0. The first kappa shape index (κ1) is 16.6. The van der Waals surface area contributed by atoms with Gasteiger partial charge in [0.15, 0.2) is 5.17 Å². The Morgan fingerprint density at radius 1 is 1.12 bits per heavy atom. The smallest absolute Gasteiger partial charge is 0.286 e. The Kier molecular flexibility index (Phi) is 4.89. The van der Waals surface area contributed by atoms with Crippen LogP contribution in [0.25, 0.3) is 6.08 Å². The number of amidine groups is 1. The lowest BCUT2D eigenvalue weighted by molar-refractivity contribution is -0.119. The van der Waals surface area contributed by atoms with Crippen molar-refractivity contribution in [3.63, 3.8) is 0 Å². The summed E-state index contributed by atoms with van der Waals surface area (Å²) in [5.41, 5.74) is 2.10. The van der Waals surface area contributed by atoms with Crippen LogP contribution in [-0.4, -0.2) is 67.6 Å². The molecule has 1 fully saturated rings. The number of hydrogen-bond acceptors (Lipinski definition) is 5. The van der Waals surface area contributed by atoms with E-state index in [9.17, 15) is 9.59 Å². The second-order valence-electron chi connectivity index (χ2n) is 5.92. The van der Waals surface area contributed by atoms with Gasteiger partial charge in [0.2, 0.25) is 6.41 Å². The zero-order valence-electron chi connectivity index (χ0n) is 13.8. The van der Waals surface area contributed by atoms with Gasteiger partial charge in [-0.25, -0.2) is 0 Å². The van der Waals surface area contributed by atoms with Crippen LogP contribution in [0.15, 0.2) is 34.2 Å². The van der Waals surface area contributed by atoms with Gasteiger partial charge in [-0.05, 0) is 35.5 Å². The van der Waals surface area contributed by atoms with Crippen LogP contribution in [0.4, 0.5) is 5.69 Å². The van der Waals surface area contributed by atoms with Crippen LogP contribution in [0, 0.1) is 0 Å². The third-order valence-corrected chi connectivity index (χ3v) is 5.09. The lowest BCUT2D eigenvalue weighted by atomic mass is 10.2. The van der Waals surface area contributed by atoms with E-state index in [4.69, 9.17) is 0 Å². The Morgan fingerprint density at radius 3 is 2.38 bits per heavy atom. The van der Waals surface area contributed by atoms with E-state index >= 15 is 0 Å². The van der Waals surface area contributed by atoms with Gasteiger partial charge in [-0.3, -0.25) is 9.59 Å². The molecule has 0 aliphatic carbocycles. The van der Waals surface area contributed by atoms with Crippen molar-refractivity contribution in [3.8, 4) is 0 Å². The number of carbonyl (C=O) groups excluding carboxylic acids is 2. The minimum atomic E-state index is -0.190. The number of thioether (sulfide) groups is 1. The average molecular weight is 344 g/mol. The van der Waals surface area contributed by atoms with Crippen molar-refractivity contribution in [2.75, 3.05) is 45.2 Å². The molecule has 24 heavy (non-hydrogen) atoms. The highest BCUT2D eigenvalue weighted by molar-refractivity contribution is 8.18. The van der Waals surface area contributed by atoms with Gasteiger partial charge in [0.1, 0.15) is 0 Å². The highest BCUT2D eigenvalue weighted by Gasteiger charge is 2.28. The standard InChI is InChI=1S/C17H20N4O2S/c1-19(2)14-5-3-13(4-6-14)11-15-16(23)18-17(24-15)21-9-7-20(12-22)8-10-21/h3-6,11-12H,7-10H2,1-2H3. The molecule has 0 unspecified atom stereocenters. The molecule has 0 aromatic heterocycles. The van der Waals surface area contributed by atoms with Crippen LogP contribution in [-0.2, 0) is 9.59 Å². The Labute approximate surface area is 145 Å². The minimum absolute atomic E-state index is 0.190. The van der Waals surface area contributed by atoms with Crippen molar-refractivity contribution in [2.24, 2.45) is 4.99 Å². The number of anilines is 1. The molecule has 0 spiro atoms. The number of nitrogens with zero attached hydrogens (tertiary/aromatic N) is 4. The molecule has 1 saturated heterocycles. The first-order valence-corrected chi connectivity index (χ1v) is 8.63. The summed E-state index contributed by atoms with van der Waals surface area (Å²) in [6.45, 7) is 2.76. The number of piperazine rings is 1. The molecule has 0 radical (unpaired) electrons. The van der Waals surface area contributed by atoms with Crippen LogP contribution < -0.4 is 4.90 Å². The zero-order chi connectivity index (χ0) is 17.1. The molecule has 2 heterocycles. The second-order valence-corrected chi connectivity index (χ2v) is 6.93. The molecule has 6 nitrogen and oxygen atoms in total. The van der Waals surface area contributed by atoms with Crippen molar-refractivity contribution in [1.29, 1.82) is 0 Å². The Balaban J connectivity index is 1.67. The van der Waals surface area contributed by atoms with E-state index in [0.717, 1.165) is 22.8 Å². The molecule has 2 amide bonds. The molecule has 2 aliphatic rings. The number of hydrogen-bond donors (Lipinski definition) is 0. The summed E-state index contributed by atoms with van der Waals surface area (Å²) in [6, 6.07) is 8.04. The molecule has 1 aromatic carbocycles. The molecule has 3 rings (SSSR count). The third-order valence-electron chi connectivity index (χ3n) is 4.05. The fourth-order valence-corrected chi connectivity index (χ4v) is 3.54. The second kappa shape index (κ2) is 7.09. The lowest BCUT2D eigenvalue weighted by Gasteiger charge is -2.33. The summed E-state index contributed by atoms with van der Waals surface area (Å²) in [7, 11) is 3.99. The third kappa shape index (κ3) is 3.62. The number of aliphatic imine (C=N–C) groups is 1. The maximum atomic E-state index is 12.1. The highest BCUT2D eigenvalue weighted by Crippen LogP contribution is 2.30. The van der Waals surface area contributed by atoms with Crippen molar-refractivity contribution in [1.82, 2.24) is 9.80 Å². The van der Waals surface area contributed by atoms with Crippen LogP contribution in [0.2, 0.25) is 0 Å². The van der Waals surface area contributed by atoms with Gasteiger partial charge in [-0.2, -0.15) is 4.99 Å². The van der Waals surface area contributed by atoms with E-state index in [2.05, 4.69) is 9.89 Å². The van der Waals surface area contributed by atoms with Gasteiger partial charge in [-0.1, -0.05) is 12.1 Å². The van der Waals surface area contributed by atoms with Crippen LogP contribution in [0.3, 0.4) is 0 Å². The summed E-state index contributed by atoms with van der Waals surface area (Å²) in [5, 5.41) is 0.738. The Bertz CT molecular complexity index is 689. The quantitative estimate of drug-likeness (QED) is 0.614. The number of benzene rings is 1. The number of amides is 2. The lowest BCUT2D eigenvalue weighted by Crippen LogP contribution is -2.47. The summed E-state index contributed by atoms with van der Waals surface area (Å²) >= 11 is 1.41. The van der Waals surface area contributed by atoms with Gasteiger partial charge in [-0.15, -0.1) is 0 Å². The predicted molar refractivity (Wildman–Crippen MR) is 98.0 cm³/mol. The SMILES string of the molecule is CN(C)c1ccc(C=C2SC(N3CCN(C=O)CC3)=NC2=O)cc1. The molecular formula is C17H20N4O2S. The first-order chi connectivity index (χ1) is 11.6. The van der Waals surface area contributed by atoms with Crippen LogP contribution in [0.1, 0.15) is 5.56 Å². The molecule has 0 bridgehead atoms. The van der Waals surface area contributed by atoms with Crippen molar-refractivity contribution in [3.05, 3.63) is 34.7 Å². The maximum absolute atomic E-state index is 12.1. The molecule has 0 atom stereocenters. The molecule has 126 valence electrons. The van der Waals surface area contributed by atoms with Gasteiger partial charge in [0, 0.05) is 46.0 Å². The van der Waals surface area contributed by atoms with Gasteiger partial charge >= 0.3 is 0 Å². The van der Waals surface area contributed by atoms with E-state index in [1.165, 1.54) is 11.8 Å². The summed E-state index contributed by atoms with van der Waals surface area (Å²) in [6.07, 6.45) is 2.75. The largest absolute Gasteiger partial charge is 0.378 e. The molecular weight excluding hydrogens is 324 g/mol. The van der Waals surface area contributed by atoms with E-state index in [1.54, 1.807) is 4.90 Å². The van der Waals surface area contributed by atoms with Gasteiger partial charge in [0.05, 0.1) is 4.91 Å². The monoisotopic (exact) mass is 344 g/mol. The number of carbonyl (C=O) groups is 2. The average Bonchev–Trinajstić information content (AvgIpc) is 2.96. The predicted octanol–water partition coefficient (Wildman–Crippen LogP) is 1.50. The topological polar surface area (TPSA) is 56.2 Å². The minimum Gasteiger partial charge on any atom is -0.378 e. The van der Waals surface area contributed by atoms with Crippen molar-refractivity contribution >= 4 is 41.0 Å². The maximum Gasteiger partial charge on any atom is 0.286 e. The van der Waals surface area contributed by atoms with Crippen LogP contribution >= 0.6 is 11.8 Å². The number of rotatable bonds is 3. The van der Waals surface area contributed by atoms with E-state index in [-0.39, 0.29) is 5.91 Å². The molecule has 7 heteroatoms. The molecule has 2 aliphatic heterocycles. The van der Waals surface area contributed by atoms with Crippen molar-refractivity contribution in [2.45, 2.75) is 0 Å². The highest BCUT2D eigenvalue weighted by atomic mass is 32.2. The molecule has 1 aromatic rings. The van der Waals surface area contributed by atoms with Crippen molar-refractivity contribution < 1.29 is 9.59 Å².